The number of dihydropyridines is 1. The molecule has 1 N–H and O–H groups in total. The van der Waals surface area contributed by atoms with E-state index < -0.39 is 11.9 Å². The molecule has 0 saturated heterocycles. The molecule has 160 valence electrons. The van der Waals surface area contributed by atoms with E-state index in [1.165, 1.54) is 0 Å². The summed E-state index contributed by atoms with van der Waals surface area (Å²) in [6.45, 7) is 3.90. The number of rotatable bonds is 5. The molecule has 1 aliphatic heterocycles. The lowest BCUT2D eigenvalue weighted by molar-refractivity contribution is -0.138. The highest BCUT2D eigenvalue weighted by Crippen LogP contribution is 2.45. The molecule has 1 aromatic carbocycles. The average Bonchev–Trinajstić information content (AvgIpc) is 2.78. The molecular weight excluding hydrogens is 392 g/mol. The van der Waals surface area contributed by atoms with E-state index in [4.69, 9.17) is 9.47 Å². The topological polar surface area (TPSA) is 77.5 Å². The van der Waals surface area contributed by atoms with E-state index in [1.807, 2.05) is 49.4 Å². The Hall–Kier alpha value is -3.41. The Balaban J connectivity index is 1.75. The standard InChI is InChI=1S/C25H26N2O4/c1-4-31-25(29)22-15(2)27-20-13-17(16-8-10-18(30-3)11-9-16)14-21(28)23(20)24(22)19-7-5-6-12-26-19/h5-12,17,24,27H,4,13-14H2,1-3H3/t17-,24-/m0/s1. The number of ketones is 1. The Morgan fingerprint density at radius 2 is 1.94 bits per heavy atom. The van der Waals surface area contributed by atoms with E-state index in [9.17, 15) is 9.59 Å². The maximum absolute atomic E-state index is 13.4. The maximum atomic E-state index is 13.4. The van der Waals surface area contributed by atoms with Crippen LogP contribution in [0.4, 0.5) is 0 Å². The summed E-state index contributed by atoms with van der Waals surface area (Å²) in [5, 5.41) is 3.35. The summed E-state index contributed by atoms with van der Waals surface area (Å²) < 4.78 is 10.6. The highest BCUT2D eigenvalue weighted by molar-refractivity contribution is 6.04. The molecule has 1 aliphatic carbocycles. The van der Waals surface area contributed by atoms with Crippen LogP contribution in [0.5, 0.6) is 5.75 Å². The number of Topliss-reactive ketones (excluding diaryl/α,β-unsaturated/α-hetero) is 1. The van der Waals surface area contributed by atoms with Crippen molar-refractivity contribution in [1.29, 1.82) is 0 Å². The molecule has 4 rings (SSSR count). The van der Waals surface area contributed by atoms with Crippen LogP contribution in [-0.2, 0) is 14.3 Å². The predicted octanol–water partition coefficient (Wildman–Crippen LogP) is 4.01. The van der Waals surface area contributed by atoms with Gasteiger partial charge in [-0.25, -0.2) is 4.79 Å². The zero-order valence-electron chi connectivity index (χ0n) is 18.0. The second-order valence-electron chi connectivity index (χ2n) is 7.77. The van der Waals surface area contributed by atoms with Gasteiger partial charge in [-0.15, -0.1) is 0 Å². The third kappa shape index (κ3) is 3.98. The van der Waals surface area contributed by atoms with E-state index in [-0.39, 0.29) is 18.3 Å². The number of nitrogens with zero attached hydrogens (tertiary/aromatic N) is 1. The highest BCUT2D eigenvalue weighted by atomic mass is 16.5. The Morgan fingerprint density at radius 3 is 2.58 bits per heavy atom. The summed E-state index contributed by atoms with van der Waals surface area (Å²) in [5.41, 5.74) is 4.41. The van der Waals surface area contributed by atoms with Gasteiger partial charge in [0, 0.05) is 29.6 Å². The van der Waals surface area contributed by atoms with Crippen LogP contribution in [0.3, 0.4) is 0 Å². The van der Waals surface area contributed by atoms with Crippen molar-refractivity contribution in [3.05, 3.63) is 82.5 Å². The quantitative estimate of drug-likeness (QED) is 0.739. The Morgan fingerprint density at radius 1 is 1.16 bits per heavy atom. The second kappa shape index (κ2) is 8.76. The monoisotopic (exact) mass is 418 g/mol. The van der Waals surface area contributed by atoms with Crippen molar-refractivity contribution in [2.75, 3.05) is 13.7 Å². The van der Waals surface area contributed by atoms with Crippen molar-refractivity contribution >= 4 is 11.8 Å². The van der Waals surface area contributed by atoms with Crippen molar-refractivity contribution < 1.29 is 19.1 Å². The molecule has 6 nitrogen and oxygen atoms in total. The molecule has 0 bridgehead atoms. The van der Waals surface area contributed by atoms with Gasteiger partial charge in [0.2, 0.25) is 0 Å². The third-order valence-corrected chi connectivity index (χ3v) is 5.89. The zero-order chi connectivity index (χ0) is 22.0. The first-order valence-electron chi connectivity index (χ1n) is 10.5. The lowest BCUT2D eigenvalue weighted by Gasteiger charge is -2.36. The van der Waals surface area contributed by atoms with Crippen LogP contribution in [0, 0.1) is 0 Å². The molecule has 31 heavy (non-hydrogen) atoms. The molecule has 6 heteroatoms. The first-order chi connectivity index (χ1) is 15.0. The van der Waals surface area contributed by atoms with Crippen LogP contribution < -0.4 is 10.1 Å². The van der Waals surface area contributed by atoms with E-state index in [2.05, 4.69) is 10.3 Å². The molecule has 2 aliphatic rings. The molecular formula is C25H26N2O4. The van der Waals surface area contributed by atoms with Crippen molar-refractivity contribution in [2.24, 2.45) is 0 Å². The maximum Gasteiger partial charge on any atom is 0.336 e. The van der Waals surface area contributed by atoms with Gasteiger partial charge in [-0.2, -0.15) is 0 Å². The average molecular weight is 418 g/mol. The third-order valence-electron chi connectivity index (χ3n) is 5.89. The number of esters is 1. The first-order valence-corrected chi connectivity index (χ1v) is 10.5. The lowest BCUT2D eigenvalue weighted by atomic mass is 9.73. The fourth-order valence-corrected chi connectivity index (χ4v) is 4.47. The van der Waals surface area contributed by atoms with Crippen LogP contribution >= 0.6 is 0 Å². The van der Waals surface area contributed by atoms with Gasteiger partial charge in [0.1, 0.15) is 5.75 Å². The summed E-state index contributed by atoms with van der Waals surface area (Å²) >= 11 is 0. The molecule has 2 atom stereocenters. The molecule has 0 saturated carbocycles. The normalized spacial score (nSPS) is 20.8. The van der Waals surface area contributed by atoms with E-state index in [0.717, 1.165) is 17.0 Å². The number of hydrogen-bond acceptors (Lipinski definition) is 6. The van der Waals surface area contributed by atoms with Crippen LogP contribution in [0.1, 0.15) is 49.8 Å². The number of pyridine rings is 1. The minimum Gasteiger partial charge on any atom is -0.497 e. The van der Waals surface area contributed by atoms with Gasteiger partial charge in [-0.3, -0.25) is 9.78 Å². The van der Waals surface area contributed by atoms with E-state index >= 15 is 0 Å². The van der Waals surface area contributed by atoms with Gasteiger partial charge in [0.05, 0.1) is 30.9 Å². The Kier molecular flexibility index (Phi) is 5.89. The molecule has 0 radical (unpaired) electrons. The number of methoxy groups -OCH3 is 1. The molecule has 0 fully saturated rings. The summed E-state index contributed by atoms with van der Waals surface area (Å²) in [6.07, 6.45) is 2.75. The molecule has 2 heterocycles. The number of carbonyl (C=O) groups is 2. The minimum absolute atomic E-state index is 0.0273. The van der Waals surface area contributed by atoms with Gasteiger partial charge in [-0.1, -0.05) is 18.2 Å². The molecule has 0 amide bonds. The van der Waals surface area contributed by atoms with Gasteiger partial charge in [0.25, 0.3) is 0 Å². The minimum atomic E-state index is -0.527. The number of carbonyl (C=O) groups excluding carboxylic acids is 2. The number of hydrogen-bond donors (Lipinski definition) is 1. The lowest BCUT2D eigenvalue weighted by Crippen LogP contribution is -2.36. The van der Waals surface area contributed by atoms with Crippen LogP contribution in [0.25, 0.3) is 0 Å². The number of nitrogens with one attached hydrogen (secondary N) is 1. The molecule has 0 spiro atoms. The van der Waals surface area contributed by atoms with E-state index in [1.54, 1.807) is 20.2 Å². The van der Waals surface area contributed by atoms with Crippen molar-refractivity contribution in [1.82, 2.24) is 10.3 Å². The summed E-state index contributed by atoms with van der Waals surface area (Å²) in [7, 11) is 1.64. The molecule has 0 unspecified atom stereocenters. The number of ether oxygens (including phenoxy) is 2. The van der Waals surface area contributed by atoms with Crippen molar-refractivity contribution in [3.63, 3.8) is 0 Å². The summed E-state index contributed by atoms with van der Waals surface area (Å²) in [6, 6.07) is 13.4. The Bertz CT molecular complexity index is 1050. The van der Waals surface area contributed by atoms with Crippen LogP contribution in [-0.4, -0.2) is 30.5 Å². The number of benzene rings is 1. The van der Waals surface area contributed by atoms with Gasteiger partial charge < -0.3 is 14.8 Å². The second-order valence-corrected chi connectivity index (χ2v) is 7.77. The molecule has 1 aromatic heterocycles. The zero-order valence-corrected chi connectivity index (χ0v) is 18.0. The molecule has 2 aromatic rings. The van der Waals surface area contributed by atoms with E-state index in [0.29, 0.717) is 35.4 Å². The van der Waals surface area contributed by atoms with Crippen molar-refractivity contribution in [3.8, 4) is 5.75 Å². The smallest absolute Gasteiger partial charge is 0.336 e. The number of aromatic nitrogens is 1. The first kappa shape index (κ1) is 20.8. The SMILES string of the molecule is CCOC(=O)C1=C(C)NC2=C(C(=O)C[C@@H](c3ccc(OC)cc3)C2)[C@H]1c1ccccn1. The predicted molar refractivity (Wildman–Crippen MR) is 116 cm³/mol. The van der Waals surface area contributed by atoms with Crippen LogP contribution in [0.2, 0.25) is 0 Å². The number of allylic oxidation sites excluding steroid dienone is 3. The van der Waals surface area contributed by atoms with Crippen LogP contribution in [0.15, 0.2) is 71.2 Å². The summed E-state index contributed by atoms with van der Waals surface area (Å²) in [5.74, 6) is -0.0687. The Labute approximate surface area is 182 Å². The van der Waals surface area contributed by atoms with Crippen molar-refractivity contribution in [2.45, 2.75) is 38.5 Å². The fourth-order valence-electron chi connectivity index (χ4n) is 4.47. The largest absolute Gasteiger partial charge is 0.497 e. The van der Waals surface area contributed by atoms with Gasteiger partial charge in [0.15, 0.2) is 5.78 Å². The van der Waals surface area contributed by atoms with Gasteiger partial charge >= 0.3 is 5.97 Å². The van der Waals surface area contributed by atoms with Gasteiger partial charge in [-0.05, 0) is 56.0 Å². The summed E-state index contributed by atoms with van der Waals surface area (Å²) in [4.78, 5) is 30.7. The fraction of sp³-hybridized carbons (Fsp3) is 0.320. The highest BCUT2D eigenvalue weighted by Gasteiger charge is 2.41.